The molecule has 0 aromatic heterocycles. The van der Waals surface area contributed by atoms with Gasteiger partial charge in [0.05, 0.1) is 18.8 Å². The van der Waals surface area contributed by atoms with Gasteiger partial charge in [0.25, 0.3) is 0 Å². The average molecular weight is 306 g/mol. The molecule has 0 bridgehead atoms. The van der Waals surface area contributed by atoms with Gasteiger partial charge in [-0.25, -0.2) is 4.79 Å². The van der Waals surface area contributed by atoms with E-state index in [4.69, 9.17) is 9.84 Å². The van der Waals surface area contributed by atoms with Crippen molar-refractivity contribution in [3.05, 3.63) is 35.4 Å². The number of urea groups is 1. The predicted molar refractivity (Wildman–Crippen MR) is 85.7 cm³/mol. The Morgan fingerprint density at radius 3 is 2.68 bits per heavy atom. The monoisotopic (exact) mass is 306 g/mol. The van der Waals surface area contributed by atoms with Gasteiger partial charge in [0.1, 0.15) is 0 Å². The van der Waals surface area contributed by atoms with Crippen LogP contribution in [-0.4, -0.2) is 36.4 Å². The zero-order valence-electron chi connectivity index (χ0n) is 13.2. The molecule has 2 atom stereocenters. The number of ether oxygens (including phenoxy) is 1. The Morgan fingerprint density at radius 1 is 1.36 bits per heavy atom. The molecule has 1 heterocycles. The molecule has 0 aliphatic carbocycles. The van der Waals surface area contributed by atoms with E-state index in [0.717, 1.165) is 43.4 Å². The van der Waals surface area contributed by atoms with E-state index < -0.39 is 0 Å². The van der Waals surface area contributed by atoms with Gasteiger partial charge in [0, 0.05) is 13.2 Å². The molecule has 1 aromatic carbocycles. The highest BCUT2D eigenvalue weighted by Gasteiger charge is 2.25. The van der Waals surface area contributed by atoms with Crippen LogP contribution in [-0.2, 0) is 17.8 Å². The maximum Gasteiger partial charge on any atom is 0.315 e. The van der Waals surface area contributed by atoms with Crippen molar-refractivity contribution in [2.24, 2.45) is 0 Å². The maximum atomic E-state index is 11.9. The molecule has 1 aromatic rings. The van der Waals surface area contributed by atoms with E-state index in [1.807, 2.05) is 24.3 Å². The molecule has 22 heavy (non-hydrogen) atoms. The van der Waals surface area contributed by atoms with Crippen LogP contribution in [0.1, 0.15) is 37.3 Å². The van der Waals surface area contributed by atoms with Gasteiger partial charge in [-0.15, -0.1) is 0 Å². The Labute approximate surface area is 132 Å². The highest BCUT2D eigenvalue weighted by Crippen LogP contribution is 2.17. The van der Waals surface area contributed by atoms with Crippen molar-refractivity contribution in [3.8, 4) is 0 Å². The number of aliphatic hydroxyl groups excluding tert-OH is 1. The van der Waals surface area contributed by atoms with Gasteiger partial charge < -0.3 is 20.5 Å². The van der Waals surface area contributed by atoms with E-state index in [1.54, 1.807) is 0 Å². The standard InChI is InChI=1S/C17H26N2O3/c1-2-15(16-4-3-11-22-16)19-17(21)18-10-9-13-5-7-14(12-20)8-6-13/h5-8,15-16,20H,2-4,9-12H2,1H3,(H2,18,19,21). The van der Waals surface area contributed by atoms with Crippen LogP contribution >= 0.6 is 0 Å². The molecule has 2 rings (SSSR count). The minimum absolute atomic E-state index is 0.0581. The van der Waals surface area contributed by atoms with Gasteiger partial charge >= 0.3 is 6.03 Å². The summed E-state index contributed by atoms with van der Waals surface area (Å²) in [5.74, 6) is 0. The third-order valence-corrected chi connectivity index (χ3v) is 4.07. The predicted octanol–water partition coefficient (Wildman–Crippen LogP) is 1.98. The summed E-state index contributed by atoms with van der Waals surface area (Å²) in [6, 6.07) is 7.72. The number of hydrogen-bond donors (Lipinski definition) is 3. The SMILES string of the molecule is CCC(NC(=O)NCCc1ccc(CO)cc1)C1CCCO1. The summed E-state index contributed by atoms with van der Waals surface area (Å²) in [6.45, 7) is 3.51. The van der Waals surface area contributed by atoms with Crippen LogP contribution in [0.2, 0.25) is 0 Å². The number of benzene rings is 1. The summed E-state index contributed by atoms with van der Waals surface area (Å²) in [7, 11) is 0. The molecule has 122 valence electrons. The van der Waals surface area contributed by atoms with Crippen LogP contribution in [0.15, 0.2) is 24.3 Å². The summed E-state index contributed by atoms with van der Waals surface area (Å²) >= 11 is 0. The normalized spacial score (nSPS) is 18.9. The van der Waals surface area contributed by atoms with Crippen LogP contribution in [0.25, 0.3) is 0 Å². The Kier molecular flexibility index (Phi) is 6.68. The fourth-order valence-electron chi connectivity index (χ4n) is 2.73. The van der Waals surface area contributed by atoms with Crippen molar-refractivity contribution in [1.29, 1.82) is 0 Å². The zero-order valence-corrected chi connectivity index (χ0v) is 13.2. The Morgan fingerprint density at radius 2 is 2.09 bits per heavy atom. The first-order chi connectivity index (χ1) is 10.7. The first-order valence-electron chi connectivity index (χ1n) is 8.07. The zero-order chi connectivity index (χ0) is 15.8. The van der Waals surface area contributed by atoms with Crippen LogP contribution in [0.3, 0.4) is 0 Å². The molecule has 1 aliphatic heterocycles. The van der Waals surface area contributed by atoms with E-state index in [1.165, 1.54) is 0 Å². The molecule has 0 radical (unpaired) electrons. The van der Waals surface area contributed by atoms with E-state index in [2.05, 4.69) is 17.6 Å². The second-order valence-electron chi connectivity index (χ2n) is 5.69. The van der Waals surface area contributed by atoms with Gasteiger partial charge in [-0.3, -0.25) is 0 Å². The topological polar surface area (TPSA) is 70.6 Å². The Bertz CT molecular complexity index is 455. The number of carbonyl (C=O) groups excluding carboxylic acids is 1. The lowest BCUT2D eigenvalue weighted by Gasteiger charge is -2.23. The highest BCUT2D eigenvalue weighted by molar-refractivity contribution is 5.74. The molecule has 2 amide bonds. The third kappa shape index (κ3) is 5.00. The summed E-state index contributed by atoms with van der Waals surface area (Å²) in [5, 5.41) is 14.9. The van der Waals surface area contributed by atoms with E-state index in [-0.39, 0.29) is 24.8 Å². The van der Waals surface area contributed by atoms with Gasteiger partial charge in [0.2, 0.25) is 0 Å². The van der Waals surface area contributed by atoms with Gasteiger partial charge in [-0.1, -0.05) is 31.2 Å². The minimum Gasteiger partial charge on any atom is -0.392 e. The van der Waals surface area contributed by atoms with Gasteiger partial charge in [-0.05, 0) is 36.8 Å². The fraction of sp³-hybridized carbons (Fsp3) is 0.588. The molecule has 0 spiro atoms. The quantitative estimate of drug-likeness (QED) is 0.721. The smallest absolute Gasteiger partial charge is 0.315 e. The lowest BCUT2D eigenvalue weighted by molar-refractivity contribution is 0.0797. The molecule has 1 fully saturated rings. The number of aliphatic hydroxyl groups is 1. The fourth-order valence-corrected chi connectivity index (χ4v) is 2.73. The second kappa shape index (κ2) is 8.76. The van der Waals surface area contributed by atoms with E-state index >= 15 is 0 Å². The van der Waals surface area contributed by atoms with Crippen LogP contribution in [0, 0.1) is 0 Å². The highest BCUT2D eigenvalue weighted by atomic mass is 16.5. The van der Waals surface area contributed by atoms with Crippen LogP contribution in [0.5, 0.6) is 0 Å². The number of carbonyl (C=O) groups is 1. The lowest BCUT2D eigenvalue weighted by atomic mass is 10.1. The molecular weight excluding hydrogens is 280 g/mol. The molecule has 0 saturated carbocycles. The van der Waals surface area contributed by atoms with E-state index in [0.29, 0.717) is 6.54 Å². The number of rotatable bonds is 7. The largest absolute Gasteiger partial charge is 0.392 e. The van der Waals surface area contributed by atoms with Crippen molar-refractivity contribution < 1.29 is 14.6 Å². The summed E-state index contributed by atoms with van der Waals surface area (Å²) in [5.41, 5.74) is 2.04. The van der Waals surface area contributed by atoms with Crippen molar-refractivity contribution in [1.82, 2.24) is 10.6 Å². The van der Waals surface area contributed by atoms with E-state index in [9.17, 15) is 4.79 Å². The first kappa shape index (κ1) is 16.8. The van der Waals surface area contributed by atoms with Crippen molar-refractivity contribution in [2.75, 3.05) is 13.2 Å². The molecule has 5 nitrogen and oxygen atoms in total. The Hall–Kier alpha value is -1.59. The molecule has 3 N–H and O–H groups in total. The number of hydrogen-bond acceptors (Lipinski definition) is 3. The van der Waals surface area contributed by atoms with Crippen molar-refractivity contribution >= 4 is 6.03 Å². The average Bonchev–Trinajstić information content (AvgIpc) is 3.07. The summed E-state index contributed by atoms with van der Waals surface area (Å²) < 4.78 is 5.64. The molecule has 5 heteroatoms. The summed E-state index contributed by atoms with van der Waals surface area (Å²) in [4.78, 5) is 11.9. The molecule has 1 aliphatic rings. The van der Waals surface area contributed by atoms with Crippen LogP contribution < -0.4 is 10.6 Å². The molecule has 2 unspecified atom stereocenters. The van der Waals surface area contributed by atoms with Crippen molar-refractivity contribution in [2.45, 2.75) is 51.4 Å². The van der Waals surface area contributed by atoms with Crippen LogP contribution in [0.4, 0.5) is 4.79 Å². The lowest BCUT2D eigenvalue weighted by Crippen LogP contribution is -2.47. The Balaban J connectivity index is 1.70. The minimum atomic E-state index is -0.130. The van der Waals surface area contributed by atoms with Gasteiger partial charge in [-0.2, -0.15) is 0 Å². The second-order valence-corrected chi connectivity index (χ2v) is 5.69. The first-order valence-corrected chi connectivity index (χ1v) is 8.07. The third-order valence-electron chi connectivity index (χ3n) is 4.07. The molecule has 1 saturated heterocycles. The van der Waals surface area contributed by atoms with Gasteiger partial charge in [0.15, 0.2) is 0 Å². The summed E-state index contributed by atoms with van der Waals surface area (Å²) in [6.07, 6.45) is 3.91. The number of nitrogens with one attached hydrogen (secondary N) is 2. The number of amides is 2. The maximum absolute atomic E-state index is 11.9. The van der Waals surface area contributed by atoms with Crippen molar-refractivity contribution in [3.63, 3.8) is 0 Å². The molecular formula is C17H26N2O3.